The number of anilines is 3. The van der Waals surface area contributed by atoms with Gasteiger partial charge < -0.3 is 26.3 Å². The summed E-state index contributed by atoms with van der Waals surface area (Å²) in [6.07, 6.45) is 8.75. The van der Waals surface area contributed by atoms with E-state index in [-0.39, 0.29) is 0 Å². The Morgan fingerprint density at radius 3 is 2.81 bits per heavy atom. The predicted octanol–water partition coefficient (Wildman–Crippen LogP) is 2.19. The molecule has 0 aromatic carbocycles. The van der Waals surface area contributed by atoms with Crippen molar-refractivity contribution in [1.29, 1.82) is 0 Å². The van der Waals surface area contributed by atoms with Crippen LogP contribution < -0.4 is 21.3 Å². The lowest BCUT2D eigenvalue weighted by Gasteiger charge is -2.36. The number of nitrogen functional groups attached to an aromatic ring is 1. The van der Waals surface area contributed by atoms with Crippen LogP contribution in [-0.4, -0.2) is 55.1 Å². The minimum Gasteiger partial charge on any atom is -0.384 e. The third kappa shape index (κ3) is 4.04. The lowest BCUT2D eigenvalue weighted by molar-refractivity contribution is 0.405. The number of nitrogens with zero attached hydrogens (tertiary/aromatic N) is 6. The van der Waals surface area contributed by atoms with Crippen LogP contribution in [0.5, 0.6) is 0 Å². The number of nitrogens with one attached hydrogen (secondary N) is 3. The Hall–Kier alpha value is -3.79. The minimum absolute atomic E-state index is 0.408. The summed E-state index contributed by atoms with van der Waals surface area (Å²) in [5.41, 5.74) is 9.38. The Labute approximate surface area is 185 Å². The second kappa shape index (κ2) is 8.39. The highest BCUT2D eigenvalue weighted by Gasteiger charge is 2.22. The molecule has 5 rings (SSSR count). The molecular weight excluding hydrogens is 404 g/mol. The van der Waals surface area contributed by atoms with E-state index in [9.17, 15) is 0 Å². The van der Waals surface area contributed by atoms with E-state index in [0.29, 0.717) is 24.4 Å². The molecule has 0 saturated carbocycles. The van der Waals surface area contributed by atoms with E-state index in [0.717, 1.165) is 52.6 Å². The number of hydrogen-bond donors (Lipinski definition) is 4. The Balaban J connectivity index is 1.40. The Bertz CT molecular complexity index is 1230. The van der Waals surface area contributed by atoms with E-state index >= 15 is 0 Å². The third-order valence-electron chi connectivity index (χ3n) is 5.55. The van der Waals surface area contributed by atoms with Crippen LogP contribution in [0.4, 0.5) is 17.5 Å². The summed E-state index contributed by atoms with van der Waals surface area (Å²) in [5, 5.41) is 7.85. The molecule has 10 nitrogen and oxygen atoms in total. The molecule has 1 aliphatic heterocycles. The van der Waals surface area contributed by atoms with Crippen LogP contribution in [-0.2, 0) is 6.54 Å². The molecule has 0 aliphatic carbocycles. The summed E-state index contributed by atoms with van der Waals surface area (Å²) in [7, 11) is 0. The van der Waals surface area contributed by atoms with E-state index in [4.69, 9.17) is 10.7 Å². The van der Waals surface area contributed by atoms with Crippen molar-refractivity contribution in [2.45, 2.75) is 32.5 Å². The number of nitrogens with two attached hydrogens (primary N) is 1. The second-order valence-corrected chi connectivity index (χ2v) is 8.21. The van der Waals surface area contributed by atoms with Gasteiger partial charge in [0.1, 0.15) is 29.4 Å². The molecule has 1 aliphatic rings. The largest absolute Gasteiger partial charge is 0.384 e. The van der Waals surface area contributed by atoms with Gasteiger partial charge in [-0.3, -0.25) is 4.98 Å². The minimum atomic E-state index is 0.408. The van der Waals surface area contributed by atoms with E-state index in [2.05, 4.69) is 54.3 Å². The van der Waals surface area contributed by atoms with Crippen molar-refractivity contribution in [2.24, 2.45) is 0 Å². The van der Waals surface area contributed by atoms with Gasteiger partial charge in [0.25, 0.3) is 0 Å². The number of rotatable bonds is 5. The lowest BCUT2D eigenvalue weighted by atomic mass is 10.1. The number of hydrogen-bond acceptors (Lipinski definition) is 9. The van der Waals surface area contributed by atoms with Crippen LogP contribution in [0.2, 0.25) is 0 Å². The summed E-state index contributed by atoms with van der Waals surface area (Å²) >= 11 is 0. The summed E-state index contributed by atoms with van der Waals surface area (Å²) < 4.78 is 0. The summed E-state index contributed by atoms with van der Waals surface area (Å²) in [6.45, 7) is 6.68. The van der Waals surface area contributed by atoms with Crippen molar-refractivity contribution in [3.05, 3.63) is 48.9 Å². The second-order valence-electron chi connectivity index (χ2n) is 8.21. The topological polar surface area (TPSA) is 134 Å². The molecule has 1 saturated heterocycles. The Morgan fingerprint density at radius 1 is 1.16 bits per heavy atom. The number of piperazine rings is 1. The summed E-state index contributed by atoms with van der Waals surface area (Å²) in [5.74, 6) is 2.08. The van der Waals surface area contributed by atoms with Gasteiger partial charge >= 0.3 is 0 Å². The molecule has 2 atom stereocenters. The number of fused-ring (bicyclic) bond motifs is 1. The first-order valence-corrected chi connectivity index (χ1v) is 10.7. The zero-order valence-corrected chi connectivity index (χ0v) is 18.1. The fourth-order valence-corrected chi connectivity index (χ4v) is 4.26. The molecule has 10 heteroatoms. The average Bonchev–Trinajstić information content (AvgIpc) is 3.22. The molecule has 0 spiro atoms. The molecule has 0 radical (unpaired) electrons. The first-order valence-electron chi connectivity index (χ1n) is 10.7. The van der Waals surface area contributed by atoms with Crippen LogP contribution in [0, 0.1) is 0 Å². The van der Waals surface area contributed by atoms with Gasteiger partial charge in [-0.15, -0.1) is 0 Å². The van der Waals surface area contributed by atoms with Gasteiger partial charge in [-0.1, -0.05) is 0 Å². The molecule has 4 aromatic heterocycles. The molecule has 1 fully saturated rings. The molecule has 5 N–H and O–H groups in total. The Kier molecular flexibility index (Phi) is 5.28. The van der Waals surface area contributed by atoms with Gasteiger partial charge in [0.2, 0.25) is 0 Å². The van der Waals surface area contributed by atoms with Gasteiger partial charge in [-0.25, -0.2) is 19.9 Å². The number of H-pyrrole nitrogens is 1. The average molecular weight is 431 g/mol. The molecule has 5 heterocycles. The van der Waals surface area contributed by atoms with E-state index in [1.807, 2.05) is 24.5 Å². The lowest BCUT2D eigenvalue weighted by Crippen LogP contribution is -2.54. The molecular formula is C22H26N10. The van der Waals surface area contributed by atoms with Crippen LogP contribution in [0.25, 0.3) is 22.2 Å². The molecule has 4 aromatic rings. The highest BCUT2D eigenvalue weighted by Crippen LogP contribution is 2.32. The highest BCUT2D eigenvalue weighted by atomic mass is 15.3. The van der Waals surface area contributed by atoms with Crippen molar-refractivity contribution in [1.82, 2.24) is 35.2 Å². The third-order valence-corrected chi connectivity index (χ3v) is 5.55. The molecule has 0 bridgehead atoms. The molecule has 0 amide bonds. The van der Waals surface area contributed by atoms with E-state index in [1.165, 1.54) is 6.33 Å². The first-order chi connectivity index (χ1) is 15.6. The fraction of sp³-hybridized carbons (Fsp3) is 0.318. The van der Waals surface area contributed by atoms with Crippen molar-refractivity contribution in [3.63, 3.8) is 0 Å². The van der Waals surface area contributed by atoms with Crippen LogP contribution >= 0.6 is 0 Å². The fourth-order valence-electron chi connectivity index (χ4n) is 4.26. The quantitative estimate of drug-likeness (QED) is 0.376. The first kappa shape index (κ1) is 20.1. The predicted molar refractivity (Wildman–Crippen MR) is 125 cm³/mol. The molecule has 0 unspecified atom stereocenters. The van der Waals surface area contributed by atoms with Crippen molar-refractivity contribution >= 4 is 28.5 Å². The highest BCUT2D eigenvalue weighted by molar-refractivity contribution is 6.01. The molecule has 32 heavy (non-hydrogen) atoms. The maximum atomic E-state index is 5.88. The van der Waals surface area contributed by atoms with Crippen LogP contribution in [0.3, 0.4) is 0 Å². The van der Waals surface area contributed by atoms with Gasteiger partial charge in [-0.05, 0) is 31.5 Å². The smallest absolute Gasteiger partial charge is 0.147 e. The van der Waals surface area contributed by atoms with E-state index < -0.39 is 0 Å². The standard InChI is InChI=1S/C22H26N10/c1-13-10-32(11-14(2)30-13)19-9-24-6-16(31-19)7-26-21-20-17(8-27-22(20)29-12-28-21)15-3-4-25-18(23)5-15/h3-6,8-9,12-14,30H,7,10-11H2,1-2H3,(H2,23,25)(H2,26,27,28,29)/t13-,14+. The van der Waals surface area contributed by atoms with Gasteiger partial charge in [0, 0.05) is 43.1 Å². The zero-order valence-electron chi connectivity index (χ0n) is 18.1. The van der Waals surface area contributed by atoms with E-state index in [1.54, 1.807) is 12.4 Å². The van der Waals surface area contributed by atoms with Gasteiger partial charge in [-0.2, -0.15) is 0 Å². The van der Waals surface area contributed by atoms with Gasteiger partial charge in [0.05, 0.1) is 30.0 Å². The maximum Gasteiger partial charge on any atom is 0.147 e. The van der Waals surface area contributed by atoms with Gasteiger partial charge in [0.15, 0.2) is 0 Å². The van der Waals surface area contributed by atoms with Crippen LogP contribution in [0.1, 0.15) is 19.5 Å². The normalized spacial score (nSPS) is 18.8. The molecule has 164 valence electrons. The van der Waals surface area contributed by atoms with Crippen molar-refractivity contribution in [3.8, 4) is 11.1 Å². The Morgan fingerprint density at radius 2 is 2.00 bits per heavy atom. The summed E-state index contributed by atoms with van der Waals surface area (Å²) in [4.78, 5) is 27.7. The summed E-state index contributed by atoms with van der Waals surface area (Å²) in [6, 6.07) is 4.57. The SMILES string of the molecule is C[C@@H]1CN(c2cncc(CNc3ncnc4[nH]cc(-c5ccnc(N)c5)c34)n2)C[C@H](C)N1. The van der Waals surface area contributed by atoms with Crippen molar-refractivity contribution < 1.29 is 0 Å². The maximum absolute atomic E-state index is 5.88. The van der Waals surface area contributed by atoms with Crippen LogP contribution in [0.15, 0.2) is 43.2 Å². The zero-order chi connectivity index (χ0) is 22.1. The number of aromatic amines is 1. The number of pyridine rings is 1. The monoisotopic (exact) mass is 430 g/mol. The van der Waals surface area contributed by atoms with Crippen molar-refractivity contribution in [2.75, 3.05) is 29.0 Å². The number of aromatic nitrogens is 6.